The Morgan fingerprint density at radius 2 is 1.81 bits per heavy atom. The molecule has 0 saturated heterocycles. The van der Waals surface area contributed by atoms with Crippen molar-refractivity contribution in [2.75, 3.05) is 5.32 Å². The van der Waals surface area contributed by atoms with Crippen molar-refractivity contribution in [1.82, 2.24) is 15.3 Å². The number of fused-ring (bicyclic) bond motifs is 1. The van der Waals surface area contributed by atoms with Crippen molar-refractivity contribution in [3.05, 3.63) is 53.2 Å². The summed E-state index contributed by atoms with van der Waals surface area (Å²) in [6, 6.07) is 9.19. The highest BCUT2D eigenvalue weighted by Crippen LogP contribution is 2.29. The van der Waals surface area contributed by atoms with Crippen LogP contribution in [-0.2, 0) is 0 Å². The number of carbonyl (C=O) groups is 1. The molecule has 8 nitrogen and oxygen atoms in total. The van der Waals surface area contributed by atoms with E-state index in [1.165, 1.54) is 12.8 Å². The Kier molecular flexibility index (Phi) is 7.70. The molecular weight excluding hydrogens is 476 g/mol. The number of hydrogen-bond acceptors (Lipinski definition) is 6. The Bertz CT molecular complexity index is 1220. The molecule has 2 heterocycles. The van der Waals surface area contributed by atoms with Crippen molar-refractivity contribution >= 4 is 40.1 Å². The van der Waals surface area contributed by atoms with E-state index < -0.39 is 0 Å². The summed E-state index contributed by atoms with van der Waals surface area (Å²) in [7, 11) is 0. The van der Waals surface area contributed by atoms with Crippen LogP contribution in [0.3, 0.4) is 0 Å². The first kappa shape index (κ1) is 24.6. The monoisotopic (exact) mass is 508 g/mol. The van der Waals surface area contributed by atoms with E-state index in [1.807, 2.05) is 18.2 Å². The summed E-state index contributed by atoms with van der Waals surface area (Å²) in [5, 5.41) is 8.11. The van der Waals surface area contributed by atoms with Crippen LogP contribution >= 0.6 is 11.6 Å². The van der Waals surface area contributed by atoms with Crippen molar-refractivity contribution in [3.8, 4) is 0 Å². The smallest absolute Gasteiger partial charge is 0.289 e. The quantitative estimate of drug-likeness (QED) is 0.231. The fourth-order valence-corrected chi connectivity index (χ4v) is 5.43. The van der Waals surface area contributed by atoms with E-state index >= 15 is 0 Å². The third-order valence-corrected chi connectivity index (χ3v) is 7.42. The lowest BCUT2D eigenvalue weighted by Gasteiger charge is -2.30. The summed E-state index contributed by atoms with van der Waals surface area (Å²) in [5.74, 6) is 1.48. The average molecular weight is 509 g/mol. The molecule has 2 fully saturated rings. The number of aromatic nitrogens is 2. The van der Waals surface area contributed by atoms with Gasteiger partial charge in [-0.2, -0.15) is 0 Å². The summed E-state index contributed by atoms with van der Waals surface area (Å²) in [6.45, 7) is 0. The number of halogens is 1. The second-order valence-corrected chi connectivity index (χ2v) is 10.2. The molecule has 1 amide bonds. The second kappa shape index (κ2) is 11.3. The van der Waals surface area contributed by atoms with Gasteiger partial charge in [0.15, 0.2) is 11.6 Å². The number of nitrogens with one attached hydrogen (secondary N) is 2. The van der Waals surface area contributed by atoms with E-state index in [0.717, 1.165) is 56.8 Å². The van der Waals surface area contributed by atoms with Crippen LogP contribution in [0.4, 0.5) is 5.82 Å². The molecule has 0 bridgehead atoms. The standard InChI is InChI=1S/C27H33ClN6O2/c28-17-13-14-20-19(16-17)25(34-26(32-20)27(35)30-18-8-3-1-2-4-9-18)33-22-11-6-5-10-21(22)31-24(29)23-12-7-15-36-23/h7,12-16,18,21-22H,1-6,8-11H2,(H2,29,31)(H,30,35)(H,32,33,34)/t21-,22+/m1/s1. The maximum absolute atomic E-state index is 13.2. The van der Waals surface area contributed by atoms with E-state index in [-0.39, 0.29) is 29.9 Å². The molecule has 4 N–H and O–H groups in total. The van der Waals surface area contributed by atoms with Gasteiger partial charge in [0.2, 0.25) is 5.82 Å². The summed E-state index contributed by atoms with van der Waals surface area (Å²) in [5.41, 5.74) is 6.91. The number of anilines is 1. The zero-order chi connectivity index (χ0) is 24.9. The zero-order valence-corrected chi connectivity index (χ0v) is 21.1. The molecule has 0 unspecified atom stereocenters. The van der Waals surface area contributed by atoms with E-state index in [2.05, 4.69) is 15.6 Å². The minimum absolute atomic E-state index is 0.00196. The summed E-state index contributed by atoms with van der Waals surface area (Å²) < 4.78 is 5.42. The van der Waals surface area contributed by atoms with Crippen LogP contribution in [0.15, 0.2) is 46.0 Å². The van der Waals surface area contributed by atoms with Gasteiger partial charge in [-0.15, -0.1) is 0 Å². The molecular formula is C27H33ClN6O2. The summed E-state index contributed by atoms with van der Waals surface area (Å²) in [6.07, 6.45) is 12.3. The van der Waals surface area contributed by atoms with Crippen LogP contribution < -0.4 is 16.4 Å². The highest BCUT2D eigenvalue weighted by atomic mass is 35.5. The first-order valence-electron chi connectivity index (χ1n) is 13.0. The average Bonchev–Trinajstić information content (AvgIpc) is 3.31. The lowest BCUT2D eigenvalue weighted by molar-refractivity contribution is 0.0923. The van der Waals surface area contributed by atoms with Gasteiger partial charge in [-0.05, 0) is 56.0 Å². The Morgan fingerprint density at radius 3 is 2.58 bits per heavy atom. The van der Waals surface area contributed by atoms with E-state index in [1.54, 1.807) is 18.4 Å². The Balaban J connectivity index is 1.43. The highest BCUT2D eigenvalue weighted by Gasteiger charge is 2.27. The van der Waals surface area contributed by atoms with Gasteiger partial charge in [-0.1, -0.05) is 50.1 Å². The molecule has 2 saturated carbocycles. The normalized spacial score (nSPS) is 21.8. The van der Waals surface area contributed by atoms with Crippen LogP contribution in [0, 0.1) is 0 Å². The lowest BCUT2D eigenvalue weighted by atomic mass is 9.90. The van der Waals surface area contributed by atoms with Gasteiger partial charge in [0.1, 0.15) is 5.82 Å². The molecule has 2 aliphatic rings. The topological polar surface area (TPSA) is 118 Å². The minimum atomic E-state index is -0.234. The van der Waals surface area contributed by atoms with Gasteiger partial charge in [-0.25, -0.2) is 9.97 Å². The number of carbonyl (C=O) groups excluding carboxylic acids is 1. The number of nitrogens with zero attached hydrogens (tertiary/aromatic N) is 3. The number of aliphatic imine (C=N–C) groups is 1. The van der Waals surface area contributed by atoms with Crippen LogP contribution in [0.1, 0.15) is 80.6 Å². The van der Waals surface area contributed by atoms with Gasteiger partial charge < -0.3 is 20.8 Å². The van der Waals surface area contributed by atoms with Gasteiger partial charge in [0.25, 0.3) is 5.91 Å². The molecule has 0 radical (unpaired) electrons. The molecule has 2 aliphatic carbocycles. The molecule has 3 aromatic rings. The predicted octanol–water partition coefficient (Wildman–Crippen LogP) is 5.46. The Hall–Kier alpha value is -3.13. The number of amides is 1. The van der Waals surface area contributed by atoms with Crippen molar-refractivity contribution in [1.29, 1.82) is 0 Å². The molecule has 0 aliphatic heterocycles. The van der Waals surface area contributed by atoms with Crippen LogP contribution in [-0.4, -0.2) is 39.8 Å². The van der Waals surface area contributed by atoms with E-state index in [4.69, 9.17) is 31.7 Å². The number of amidine groups is 1. The molecule has 190 valence electrons. The fraction of sp³-hybridized carbons (Fsp3) is 0.481. The summed E-state index contributed by atoms with van der Waals surface area (Å²) >= 11 is 6.32. The van der Waals surface area contributed by atoms with Gasteiger partial charge in [-0.3, -0.25) is 9.79 Å². The second-order valence-electron chi connectivity index (χ2n) is 9.81. The third kappa shape index (κ3) is 5.81. The number of benzene rings is 1. The van der Waals surface area contributed by atoms with Gasteiger partial charge in [0.05, 0.1) is 17.8 Å². The Labute approximate surface area is 216 Å². The van der Waals surface area contributed by atoms with E-state index in [0.29, 0.717) is 28.0 Å². The van der Waals surface area contributed by atoms with Crippen molar-refractivity contribution in [2.24, 2.45) is 10.7 Å². The largest absolute Gasteiger partial charge is 0.461 e. The van der Waals surface area contributed by atoms with Gasteiger partial charge in [0, 0.05) is 22.5 Å². The number of hydrogen-bond donors (Lipinski definition) is 3. The molecule has 1 aromatic carbocycles. The number of nitrogens with two attached hydrogens (primary N) is 1. The number of rotatable bonds is 6. The third-order valence-electron chi connectivity index (χ3n) is 7.18. The molecule has 0 spiro atoms. The SMILES string of the molecule is NC(=N[C@@H]1CCCC[C@@H]1Nc1nc(C(=O)NC2CCCCCC2)nc2ccc(Cl)cc12)c1ccco1. The molecule has 2 aromatic heterocycles. The predicted molar refractivity (Wildman–Crippen MR) is 143 cm³/mol. The molecule has 36 heavy (non-hydrogen) atoms. The van der Waals surface area contributed by atoms with Crippen molar-refractivity contribution in [3.63, 3.8) is 0 Å². The van der Waals surface area contributed by atoms with Gasteiger partial charge >= 0.3 is 0 Å². The molecule has 2 atom stereocenters. The van der Waals surface area contributed by atoms with Crippen molar-refractivity contribution in [2.45, 2.75) is 82.3 Å². The fourth-order valence-electron chi connectivity index (χ4n) is 5.26. The van der Waals surface area contributed by atoms with Crippen LogP contribution in [0.5, 0.6) is 0 Å². The summed E-state index contributed by atoms with van der Waals surface area (Å²) in [4.78, 5) is 27.2. The molecule has 5 rings (SSSR count). The van der Waals surface area contributed by atoms with E-state index in [9.17, 15) is 4.79 Å². The van der Waals surface area contributed by atoms with Crippen LogP contribution in [0.2, 0.25) is 5.02 Å². The maximum Gasteiger partial charge on any atom is 0.289 e. The maximum atomic E-state index is 13.2. The minimum Gasteiger partial charge on any atom is -0.461 e. The Morgan fingerprint density at radius 1 is 1.03 bits per heavy atom. The highest BCUT2D eigenvalue weighted by molar-refractivity contribution is 6.31. The lowest BCUT2D eigenvalue weighted by Crippen LogP contribution is -2.38. The number of furan rings is 1. The molecule has 9 heteroatoms. The first-order chi connectivity index (χ1) is 17.6. The zero-order valence-electron chi connectivity index (χ0n) is 20.4. The van der Waals surface area contributed by atoms with Crippen LogP contribution in [0.25, 0.3) is 10.9 Å². The van der Waals surface area contributed by atoms with Crippen molar-refractivity contribution < 1.29 is 9.21 Å². The first-order valence-corrected chi connectivity index (χ1v) is 13.4.